The van der Waals surface area contributed by atoms with E-state index in [0.29, 0.717) is 11.6 Å². The molecule has 0 saturated carbocycles. The molecule has 84 valence electrons. The molecule has 1 N–H and O–H groups in total. The molecule has 6 heteroatoms. The highest BCUT2D eigenvalue weighted by Crippen LogP contribution is 2.13. The number of sulfone groups is 1. The van der Waals surface area contributed by atoms with Crippen LogP contribution in [0.25, 0.3) is 0 Å². The van der Waals surface area contributed by atoms with Crippen molar-refractivity contribution in [3.05, 3.63) is 42.0 Å². The third-order valence-corrected chi connectivity index (χ3v) is 3.69. The summed E-state index contributed by atoms with van der Waals surface area (Å²) in [5.41, 5.74) is 0. The van der Waals surface area contributed by atoms with Gasteiger partial charge < -0.3 is 0 Å². The Morgan fingerprint density at radius 2 is 1.94 bits per heavy atom. The second kappa shape index (κ2) is 4.05. The van der Waals surface area contributed by atoms with E-state index in [1.165, 1.54) is 0 Å². The van der Waals surface area contributed by atoms with Gasteiger partial charge in [0, 0.05) is 0 Å². The van der Waals surface area contributed by atoms with Crippen molar-refractivity contribution in [2.75, 3.05) is 0 Å². The van der Waals surface area contributed by atoms with Crippen LogP contribution in [0.1, 0.15) is 11.6 Å². The molecule has 1 aromatic heterocycles. The van der Waals surface area contributed by atoms with E-state index in [1.807, 2.05) is 0 Å². The summed E-state index contributed by atoms with van der Waals surface area (Å²) < 4.78 is 23.8. The normalized spacial score (nSPS) is 11.6. The zero-order chi connectivity index (χ0) is 11.6. The van der Waals surface area contributed by atoms with Gasteiger partial charge in [0.2, 0.25) is 0 Å². The molecule has 2 rings (SSSR count). The van der Waals surface area contributed by atoms with Gasteiger partial charge in [-0.2, -0.15) is 5.10 Å². The second-order valence-corrected chi connectivity index (χ2v) is 5.40. The standard InChI is InChI=1S/C10H11N3O2S/c1-8-11-10(13-12-8)7-16(14,15)9-5-3-2-4-6-9/h2-6H,7H2,1H3,(H,11,12,13). The average Bonchev–Trinajstić information content (AvgIpc) is 2.64. The summed E-state index contributed by atoms with van der Waals surface area (Å²) in [4.78, 5) is 4.26. The Morgan fingerprint density at radius 3 is 2.50 bits per heavy atom. The summed E-state index contributed by atoms with van der Waals surface area (Å²) in [7, 11) is -3.34. The molecule has 0 atom stereocenters. The molecule has 1 aromatic carbocycles. The number of H-pyrrole nitrogens is 1. The molecule has 0 spiro atoms. The van der Waals surface area contributed by atoms with Crippen LogP contribution in [0.15, 0.2) is 35.2 Å². The van der Waals surface area contributed by atoms with Crippen LogP contribution >= 0.6 is 0 Å². The van der Waals surface area contributed by atoms with Gasteiger partial charge in [-0.1, -0.05) is 18.2 Å². The van der Waals surface area contributed by atoms with Crippen LogP contribution in [0.4, 0.5) is 0 Å². The molecule has 0 aliphatic heterocycles. The van der Waals surface area contributed by atoms with E-state index in [-0.39, 0.29) is 10.6 Å². The molecule has 0 aliphatic carbocycles. The van der Waals surface area contributed by atoms with Crippen molar-refractivity contribution in [3.63, 3.8) is 0 Å². The molecule has 0 bridgehead atoms. The lowest BCUT2D eigenvalue weighted by molar-refractivity contribution is 0.594. The van der Waals surface area contributed by atoms with Crippen LogP contribution in [0.2, 0.25) is 0 Å². The van der Waals surface area contributed by atoms with E-state index in [0.717, 1.165) is 0 Å². The van der Waals surface area contributed by atoms with Gasteiger partial charge in [-0.25, -0.2) is 13.4 Å². The van der Waals surface area contributed by atoms with E-state index in [2.05, 4.69) is 15.2 Å². The van der Waals surface area contributed by atoms with Gasteiger partial charge in [0.15, 0.2) is 15.7 Å². The fourth-order valence-electron chi connectivity index (χ4n) is 1.33. The van der Waals surface area contributed by atoms with Crippen LogP contribution in [0.5, 0.6) is 0 Å². The molecular formula is C10H11N3O2S. The monoisotopic (exact) mass is 237 g/mol. The molecule has 2 aromatic rings. The predicted molar refractivity (Wildman–Crippen MR) is 58.5 cm³/mol. The van der Waals surface area contributed by atoms with Gasteiger partial charge in [-0.15, -0.1) is 0 Å². The number of hydrogen-bond donors (Lipinski definition) is 1. The molecule has 0 amide bonds. The van der Waals surface area contributed by atoms with E-state index in [1.54, 1.807) is 37.3 Å². The maximum atomic E-state index is 11.9. The van der Waals surface area contributed by atoms with Gasteiger partial charge in [-0.3, -0.25) is 5.10 Å². The molecule has 0 fully saturated rings. The van der Waals surface area contributed by atoms with Gasteiger partial charge >= 0.3 is 0 Å². The number of aromatic nitrogens is 3. The number of aromatic amines is 1. The molecule has 5 nitrogen and oxygen atoms in total. The van der Waals surface area contributed by atoms with Crippen LogP contribution in [-0.2, 0) is 15.6 Å². The smallest absolute Gasteiger partial charge is 0.185 e. The first-order valence-electron chi connectivity index (χ1n) is 4.73. The molecular weight excluding hydrogens is 226 g/mol. The van der Waals surface area contributed by atoms with Crippen molar-refractivity contribution >= 4 is 9.84 Å². The lowest BCUT2D eigenvalue weighted by Crippen LogP contribution is -2.06. The van der Waals surface area contributed by atoms with Gasteiger partial charge in [-0.05, 0) is 19.1 Å². The first-order chi connectivity index (χ1) is 7.58. The van der Waals surface area contributed by atoms with Crippen LogP contribution in [-0.4, -0.2) is 23.6 Å². The highest BCUT2D eigenvalue weighted by atomic mass is 32.2. The number of benzene rings is 1. The molecule has 1 heterocycles. The van der Waals surface area contributed by atoms with Gasteiger partial charge in [0.05, 0.1) is 4.90 Å². The second-order valence-electron chi connectivity index (χ2n) is 3.41. The van der Waals surface area contributed by atoms with Gasteiger partial charge in [0.25, 0.3) is 0 Å². The summed E-state index contributed by atoms with van der Waals surface area (Å²) in [5, 5.41) is 6.43. The maximum Gasteiger partial charge on any atom is 0.185 e. The summed E-state index contributed by atoms with van der Waals surface area (Å²) in [6.07, 6.45) is 0. The number of aryl methyl sites for hydroxylation is 1. The third kappa shape index (κ3) is 2.27. The van der Waals surface area contributed by atoms with Crippen molar-refractivity contribution in [2.24, 2.45) is 0 Å². The number of nitrogens with zero attached hydrogens (tertiary/aromatic N) is 2. The minimum Gasteiger partial charge on any atom is -0.263 e. The molecule has 0 aliphatic rings. The Bertz CT molecular complexity index is 575. The summed E-state index contributed by atoms with van der Waals surface area (Å²) in [6, 6.07) is 8.28. The van der Waals surface area contributed by atoms with Crippen LogP contribution in [0, 0.1) is 6.92 Å². The average molecular weight is 237 g/mol. The first kappa shape index (κ1) is 10.8. The van der Waals surface area contributed by atoms with Crippen molar-refractivity contribution in [1.29, 1.82) is 0 Å². The van der Waals surface area contributed by atoms with E-state index < -0.39 is 9.84 Å². The van der Waals surface area contributed by atoms with E-state index in [9.17, 15) is 8.42 Å². The minimum absolute atomic E-state index is 0.179. The predicted octanol–water partition coefficient (Wildman–Crippen LogP) is 1.09. The maximum absolute atomic E-state index is 11.9. The largest absolute Gasteiger partial charge is 0.263 e. The Kier molecular flexibility index (Phi) is 2.74. The Hall–Kier alpha value is -1.69. The highest BCUT2D eigenvalue weighted by molar-refractivity contribution is 7.90. The minimum atomic E-state index is -3.34. The quantitative estimate of drug-likeness (QED) is 0.866. The number of hydrogen-bond acceptors (Lipinski definition) is 4. The van der Waals surface area contributed by atoms with E-state index >= 15 is 0 Å². The third-order valence-electron chi connectivity index (χ3n) is 2.06. The molecule has 0 saturated heterocycles. The topological polar surface area (TPSA) is 75.7 Å². The lowest BCUT2D eigenvalue weighted by Gasteiger charge is -2.00. The van der Waals surface area contributed by atoms with Crippen LogP contribution < -0.4 is 0 Å². The number of nitrogens with one attached hydrogen (secondary N) is 1. The van der Waals surface area contributed by atoms with Crippen molar-refractivity contribution in [2.45, 2.75) is 17.6 Å². The SMILES string of the molecule is Cc1nc(CS(=O)(=O)c2ccccc2)n[nH]1. The van der Waals surface area contributed by atoms with Gasteiger partial charge in [0.1, 0.15) is 11.6 Å². The summed E-state index contributed by atoms with van der Waals surface area (Å²) in [6.45, 7) is 1.73. The van der Waals surface area contributed by atoms with Crippen LogP contribution in [0.3, 0.4) is 0 Å². The zero-order valence-electron chi connectivity index (χ0n) is 8.71. The van der Waals surface area contributed by atoms with E-state index in [4.69, 9.17) is 0 Å². The fourth-order valence-corrected chi connectivity index (χ4v) is 2.54. The Labute approximate surface area is 93.5 Å². The Morgan fingerprint density at radius 1 is 1.25 bits per heavy atom. The van der Waals surface area contributed by atoms with Crippen molar-refractivity contribution in [3.8, 4) is 0 Å². The molecule has 16 heavy (non-hydrogen) atoms. The lowest BCUT2D eigenvalue weighted by atomic mass is 10.4. The zero-order valence-corrected chi connectivity index (χ0v) is 9.53. The van der Waals surface area contributed by atoms with Crippen molar-refractivity contribution in [1.82, 2.24) is 15.2 Å². The summed E-state index contributed by atoms with van der Waals surface area (Å²) in [5.74, 6) is 0.723. The van der Waals surface area contributed by atoms with Crippen molar-refractivity contribution < 1.29 is 8.42 Å². The fraction of sp³-hybridized carbons (Fsp3) is 0.200. The Balaban J connectivity index is 2.28. The molecule has 0 radical (unpaired) electrons. The molecule has 0 unspecified atom stereocenters. The highest BCUT2D eigenvalue weighted by Gasteiger charge is 2.17. The first-order valence-corrected chi connectivity index (χ1v) is 6.39. The summed E-state index contributed by atoms with van der Waals surface area (Å²) >= 11 is 0. The number of rotatable bonds is 3.